The molecule has 2 aromatic carbocycles. The maximum atomic E-state index is 11.6. The van der Waals surface area contributed by atoms with Crippen molar-refractivity contribution in [3.63, 3.8) is 0 Å². The first kappa shape index (κ1) is 15.8. The minimum Gasteiger partial charge on any atom is -0.386 e. The summed E-state index contributed by atoms with van der Waals surface area (Å²) in [5.41, 5.74) is 3.29. The van der Waals surface area contributed by atoms with Gasteiger partial charge in [0.2, 0.25) is 0 Å². The number of carbonyl (C=O) groups excluding carboxylic acids is 1. The highest BCUT2D eigenvalue weighted by Gasteiger charge is 2.00. The van der Waals surface area contributed by atoms with Crippen LogP contribution in [0.3, 0.4) is 0 Å². The summed E-state index contributed by atoms with van der Waals surface area (Å²) in [6, 6.07) is 17.9. The van der Waals surface area contributed by atoms with Crippen LogP contribution >= 0.6 is 0 Å². The Morgan fingerprint density at radius 3 is 2.64 bits per heavy atom. The van der Waals surface area contributed by atoms with Gasteiger partial charge in [0.05, 0.1) is 6.21 Å². The SMILES string of the molecule is Cc1ccccc1C=NOCC(=O)NCCc1ccccc1. The number of nitrogens with one attached hydrogen (secondary N) is 1. The third kappa shape index (κ3) is 5.40. The van der Waals surface area contributed by atoms with E-state index in [1.165, 1.54) is 5.56 Å². The Balaban J connectivity index is 1.65. The van der Waals surface area contributed by atoms with E-state index >= 15 is 0 Å². The summed E-state index contributed by atoms with van der Waals surface area (Å²) in [6.45, 7) is 2.52. The predicted molar refractivity (Wildman–Crippen MR) is 87.9 cm³/mol. The average Bonchev–Trinajstić information content (AvgIpc) is 2.54. The van der Waals surface area contributed by atoms with Crippen molar-refractivity contribution in [2.24, 2.45) is 5.16 Å². The van der Waals surface area contributed by atoms with Gasteiger partial charge in [0.25, 0.3) is 5.91 Å². The Morgan fingerprint density at radius 2 is 1.86 bits per heavy atom. The lowest BCUT2D eigenvalue weighted by molar-refractivity contribution is -0.125. The number of aryl methyl sites for hydroxylation is 1. The number of carbonyl (C=O) groups is 1. The Bertz CT molecular complexity index is 624. The first-order chi connectivity index (χ1) is 10.8. The fourth-order valence-electron chi connectivity index (χ4n) is 1.96. The Labute approximate surface area is 130 Å². The van der Waals surface area contributed by atoms with Crippen molar-refractivity contribution < 1.29 is 9.63 Å². The van der Waals surface area contributed by atoms with Gasteiger partial charge in [0.15, 0.2) is 6.61 Å². The Kier molecular flexibility index (Phi) is 6.18. The van der Waals surface area contributed by atoms with Gasteiger partial charge in [-0.3, -0.25) is 4.79 Å². The van der Waals surface area contributed by atoms with Crippen molar-refractivity contribution in [1.29, 1.82) is 0 Å². The highest BCUT2D eigenvalue weighted by atomic mass is 16.6. The minimum absolute atomic E-state index is 0.0723. The highest BCUT2D eigenvalue weighted by Crippen LogP contribution is 2.03. The van der Waals surface area contributed by atoms with Crippen molar-refractivity contribution in [2.75, 3.05) is 13.2 Å². The van der Waals surface area contributed by atoms with Crippen LogP contribution in [0, 0.1) is 6.92 Å². The molecule has 0 spiro atoms. The van der Waals surface area contributed by atoms with Gasteiger partial charge in [-0.1, -0.05) is 59.8 Å². The van der Waals surface area contributed by atoms with Gasteiger partial charge in [-0.2, -0.15) is 0 Å². The van der Waals surface area contributed by atoms with E-state index in [9.17, 15) is 4.79 Å². The second kappa shape index (κ2) is 8.62. The fraction of sp³-hybridized carbons (Fsp3) is 0.222. The molecule has 1 amide bonds. The van der Waals surface area contributed by atoms with Crippen LogP contribution in [-0.2, 0) is 16.1 Å². The molecule has 22 heavy (non-hydrogen) atoms. The van der Waals surface area contributed by atoms with E-state index in [4.69, 9.17) is 4.84 Å². The van der Waals surface area contributed by atoms with E-state index in [0.717, 1.165) is 17.5 Å². The lowest BCUT2D eigenvalue weighted by atomic mass is 10.1. The fourth-order valence-corrected chi connectivity index (χ4v) is 1.96. The summed E-state index contributed by atoms with van der Waals surface area (Å²) in [7, 11) is 0. The average molecular weight is 296 g/mol. The summed E-state index contributed by atoms with van der Waals surface area (Å²) in [4.78, 5) is 16.6. The molecule has 0 heterocycles. The first-order valence-electron chi connectivity index (χ1n) is 7.27. The molecule has 114 valence electrons. The largest absolute Gasteiger partial charge is 0.386 e. The van der Waals surface area contributed by atoms with Crippen LogP contribution in [0.2, 0.25) is 0 Å². The topological polar surface area (TPSA) is 50.7 Å². The standard InChI is InChI=1S/C18H20N2O2/c1-15-7-5-6-10-17(15)13-20-22-14-18(21)19-12-11-16-8-3-2-4-9-16/h2-10,13H,11-12,14H2,1H3,(H,19,21). The van der Waals surface area contributed by atoms with Gasteiger partial charge in [0.1, 0.15) is 0 Å². The summed E-state index contributed by atoms with van der Waals surface area (Å²) in [5, 5.41) is 6.63. The molecule has 1 N–H and O–H groups in total. The number of nitrogens with zero attached hydrogens (tertiary/aromatic N) is 1. The van der Waals surface area contributed by atoms with E-state index in [0.29, 0.717) is 6.54 Å². The summed E-state index contributed by atoms with van der Waals surface area (Å²) >= 11 is 0. The second-order valence-electron chi connectivity index (χ2n) is 4.95. The maximum Gasteiger partial charge on any atom is 0.260 e. The van der Waals surface area contributed by atoms with Gasteiger partial charge in [-0.15, -0.1) is 0 Å². The lowest BCUT2D eigenvalue weighted by Crippen LogP contribution is -2.28. The quantitative estimate of drug-likeness (QED) is 0.631. The number of rotatable bonds is 7. The van der Waals surface area contributed by atoms with Crippen LogP contribution in [0.5, 0.6) is 0 Å². The normalized spacial score (nSPS) is 10.6. The molecule has 0 aliphatic heterocycles. The van der Waals surface area contributed by atoms with Crippen molar-refractivity contribution in [3.8, 4) is 0 Å². The third-order valence-electron chi connectivity index (χ3n) is 3.23. The van der Waals surface area contributed by atoms with Crippen LogP contribution in [0.1, 0.15) is 16.7 Å². The molecular formula is C18H20N2O2. The molecule has 0 unspecified atom stereocenters. The molecule has 0 atom stereocenters. The molecule has 0 fully saturated rings. The van der Waals surface area contributed by atoms with E-state index < -0.39 is 0 Å². The second-order valence-corrected chi connectivity index (χ2v) is 4.95. The van der Waals surface area contributed by atoms with Crippen molar-refractivity contribution >= 4 is 12.1 Å². The number of oxime groups is 1. The molecular weight excluding hydrogens is 276 g/mol. The molecule has 0 aliphatic rings. The van der Waals surface area contributed by atoms with Gasteiger partial charge < -0.3 is 10.2 Å². The molecule has 4 nitrogen and oxygen atoms in total. The number of benzene rings is 2. The molecule has 0 saturated heterocycles. The van der Waals surface area contributed by atoms with E-state index in [1.807, 2.05) is 61.5 Å². The molecule has 0 aliphatic carbocycles. The zero-order valence-corrected chi connectivity index (χ0v) is 12.7. The summed E-state index contributed by atoms with van der Waals surface area (Å²) in [6.07, 6.45) is 2.42. The van der Waals surface area contributed by atoms with Gasteiger partial charge in [-0.25, -0.2) is 0 Å². The number of amides is 1. The maximum absolute atomic E-state index is 11.6. The van der Waals surface area contributed by atoms with Gasteiger partial charge >= 0.3 is 0 Å². The van der Waals surface area contributed by atoms with Crippen LogP contribution in [-0.4, -0.2) is 25.3 Å². The first-order valence-corrected chi connectivity index (χ1v) is 7.27. The third-order valence-corrected chi connectivity index (χ3v) is 3.23. The molecule has 0 saturated carbocycles. The monoisotopic (exact) mass is 296 g/mol. The van der Waals surface area contributed by atoms with E-state index in [1.54, 1.807) is 6.21 Å². The van der Waals surface area contributed by atoms with Gasteiger partial charge in [-0.05, 0) is 30.0 Å². The molecule has 2 rings (SSSR count). The lowest BCUT2D eigenvalue weighted by Gasteiger charge is -2.04. The van der Waals surface area contributed by atoms with Crippen molar-refractivity contribution in [3.05, 3.63) is 71.3 Å². The molecule has 4 heteroatoms. The zero-order valence-electron chi connectivity index (χ0n) is 12.7. The van der Waals surface area contributed by atoms with Crippen molar-refractivity contribution in [1.82, 2.24) is 5.32 Å². The highest BCUT2D eigenvalue weighted by molar-refractivity contribution is 5.81. The smallest absolute Gasteiger partial charge is 0.260 e. The summed E-state index contributed by atoms with van der Waals surface area (Å²) in [5.74, 6) is -0.169. The molecule has 2 aromatic rings. The molecule has 0 aromatic heterocycles. The minimum atomic E-state index is -0.169. The van der Waals surface area contributed by atoms with Gasteiger partial charge in [0, 0.05) is 6.54 Å². The van der Waals surface area contributed by atoms with Crippen molar-refractivity contribution in [2.45, 2.75) is 13.3 Å². The van der Waals surface area contributed by atoms with E-state index in [-0.39, 0.29) is 12.5 Å². The number of hydrogen-bond acceptors (Lipinski definition) is 3. The van der Waals surface area contributed by atoms with Crippen LogP contribution < -0.4 is 5.32 Å². The van der Waals surface area contributed by atoms with Crippen LogP contribution in [0.15, 0.2) is 59.8 Å². The van der Waals surface area contributed by atoms with E-state index in [2.05, 4.69) is 10.5 Å². The predicted octanol–water partition coefficient (Wildman–Crippen LogP) is 2.70. The molecule has 0 radical (unpaired) electrons. The number of hydrogen-bond donors (Lipinski definition) is 1. The Hall–Kier alpha value is -2.62. The van der Waals surface area contributed by atoms with Crippen LogP contribution in [0.4, 0.5) is 0 Å². The summed E-state index contributed by atoms with van der Waals surface area (Å²) < 4.78 is 0. The zero-order chi connectivity index (χ0) is 15.6. The Morgan fingerprint density at radius 1 is 1.14 bits per heavy atom. The molecule has 0 bridgehead atoms. The van der Waals surface area contributed by atoms with Crippen LogP contribution in [0.25, 0.3) is 0 Å².